The van der Waals surface area contributed by atoms with Crippen LogP contribution in [0.3, 0.4) is 0 Å². The first kappa shape index (κ1) is 17.5. The Labute approximate surface area is 153 Å². The highest BCUT2D eigenvalue weighted by Crippen LogP contribution is 2.22. The van der Waals surface area contributed by atoms with E-state index in [-0.39, 0.29) is 6.61 Å². The second-order valence-electron chi connectivity index (χ2n) is 6.06. The Morgan fingerprint density at radius 2 is 1.54 bits per heavy atom. The van der Waals surface area contributed by atoms with Gasteiger partial charge in [-0.05, 0) is 40.8 Å². The van der Waals surface area contributed by atoms with Gasteiger partial charge in [0.1, 0.15) is 6.61 Å². The lowest BCUT2D eigenvalue weighted by molar-refractivity contribution is 0.140. The van der Waals surface area contributed by atoms with E-state index in [1.54, 1.807) is 0 Å². The van der Waals surface area contributed by atoms with Crippen LogP contribution in [0.25, 0.3) is 11.1 Å². The lowest BCUT2D eigenvalue weighted by atomic mass is 10.0. The van der Waals surface area contributed by atoms with Gasteiger partial charge in [-0.2, -0.15) is 0 Å². The summed E-state index contributed by atoms with van der Waals surface area (Å²) in [6.07, 6.45) is 0.331. The quantitative estimate of drug-likeness (QED) is 0.650. The van der Waals surface area contributed by atoms with Gasteiger partial charge in [0.15, 0.2) is 0 Å². The van der Waals surface area contributed by atoms with Crippen molar-refractivity contribution in [2.75, 3.05) is 12.3 Å². The molecule has 0 heterocycles. The number of anilines is 1. The predicted molar refractivity (Wildman–Crippen MR) is 105 cm³/mol. The predicted octanol–water partition coefficient (Wildman–Crippen LogP) is 4.40. The number of carbonyl (C=O) groups is 1. The number of nitrogens with one attached hydrogen (secondary N) is 1. The van der Waals surface area contributed by atoms with Crippen molar-refractivity contribution in [3.8, 4) is 11.1 Å². The van der Waals surface area contributed by atoms with Crippen LogP contribution in [0.5, 0.6) is 0 Å². The normalized spacial score (nSPS) is 10.3. The van der Waals surface area contributed by atoms with Crippen molar-refractivity contribution in [1.82, 2.24) is 5.32 Å². The van der Waals surface area contributed by atoms with Gasteiger partial charge in [0, 0.05) is 12.2 Å². The van der Waals surface area contributed by atoms with Crippen molar-refractivity contribution in [3.05, 3.63) is 90.0 Å². The molecule has 132 valence electrons. The van der Waals surface area contributed by atoms with Gasteiger partial charge in [-0.15, -0.1) is 0 Å². The molecule has 4 nitrogen and oxygen atoms in total. The first-order valence-corrected chi connectivity index (χ1v) is 8.60. The van der Waals surface area contributed by atoms with Crippen LogP contribution in [0.4, 0.5) is 10.5 Å². The third-order valence-corrected chi connectivity index (χ3v) is 4.04. The third kappa shape index (κ3) is 5.11. The van der Waals surface area contributed by atoms with Gasteiger partial charge in [0.05, 0.1) is 0 Å². The largest absolute Gasteiger partial charge is 0.445 e. The Morgan fingerprint density at radius 1 is 0.846 bits per heavy atom. The molecule has 0 aromatic heterocycles. The van der Waals surface area contributed by atoms with Crippen LogP contribution in [-0.2, 0) is 17.8 Å². The Morgan fingerprint density at radius 3 is 2.31 bits per heavy atom. The summed E-state index contributed by atoms with van der Waals surface area (Å²) in [4.78, 5) is 11.8. The minimum Gasteiger partial charge on any atom is -0.445 e. The number of ether oxygens (including phenoxy) is 1. The van der Waals surface area contributed by atoms with Crippen LogP contribution >= 0.6 is 0 Å². The zero-order valence-electron chi connectivity index (χ0n) is 14.5. The molecule has 1 amide bonds. The van der Waals surface area contributed by atoms with Crippen LogP contribution < -0.4 is 11.1 Å². The van der Waals surface area contributed by atoms with E-state index < -0.39 is 6.09 Å². The smallest absolute Gasteiger partial charge is 0.407 e. The van der Waals surface area contributed by atoms with Crippen LogP contribution in [0.1, 0.15) is 11.1 Å². The first-order chi connectivity index (χ1) is 12.7. The molecule has 0 aliphatic heterocycles. The van der Waals surface area contributed by atoms with E-state index in [0.29, 0.717) is 6.54 Å². The summed E-state index contributed by atoms with van der Waals surface area (Å²) < 4.78 is 5.21. The summed E-state index contributed by atoms with van der Waals surface area (Å²) in [5.41, 5.74) is 10.9. The van der Waals surface area contributed by atoms with Crippen molar-refractivity contribution in [2.45, 2.75) is 13.0 Å². The lowest BCUT2D eigenvalue weighted by Crippen LogP contribution is -2.26. The number of nitrogen functional groups attached to an aromatic ring is 1. The van der Waals surface area contributed by atoms with Gasteiger partial charge in [0.25, 0.3) is 0 Å². The topological polar surface area (TPSA) is 64.3 Å². The molecule has 0 aliphatic rings. The molecule has 0 aliphatic carbocycles. The summed E-state index contributed by atoms with van der Waals surface area (Å²) in [5, 5.41) is 2.79. The maximum absolute atomic E-state index is 11.8. The molecule has 0 saturated carbocycles. The molecule has 3 N–H and O–H groups in total. The second-order valence-corrected chi connectivity index (χ2v) is 6.06. The molecule has 0 bridgehead atoms. The van der Waals surface area contributed by atoms with Gasteiger partial charge in [-0.25, -0.2) is 4.79 Å². The average molecular weight is 346 g/mol. The lowest BCUT2D eigenvalue weighted by Gasteiger charge is -2.09. The molecular weight excluding hydrogens is 324 g/mol. The Kier molecular flexibility index (Phi) is 5.88. The first-order valence-electron chi connectivity index (χ1n) is 8.60. The van der Waals surface area contributed by atoms with E-state index in [1.165, 1.54) is 0 Å². The molecule has 3 rings (SSSR count). The summed E-state index contributed by atoms with van der Waals surface area (Å²) in [5.74, 6) is 0. The van der Waals surface area contributed by atoms with Gasteiger partial charge in [-0.1, -0.05) is 66.7 Å². The van der Waals surface area contributed by atoms with E-state index in [9.17, 15) is 4.79 Å². The summed E-state index contributed by atoms with van der Waals surface area (Å²) >= 11 is 0. The highest BCUT2D eigenvalue weighted by Gasteiger charge is 2.04. The Bertz CT molecular complexity index is 863. The van der Waals surface area contributed by atoms with E-state index in [1.807, 2.05) is 66.7 Å². The van der Waals surface area contributed by atoms with Crippen molar-refractivity contribution in [3.63, 3.8) is 0 Å². The highest BCUT2D eigenvalue weighted by molar-refractivity contribution is 5.68. The van der Waals surface area contributed by atoms with E-state index >= 15 is 0 Å². The van der Waals surface area contributed by atoms with Crippen LogP contribution in [-0.4, -0.2) is 12.6 Å². The van der Waals surface area contributed by atoms with Crippen molar-refractivity contribution in [2.24, 2.45) is 0 Å². The molecule has 0 fully saturated rings. The molecular formula is C22H22N2O2. The van der Waals surface area contributed by atoms with Crippen LogP contribution in [0.2, 0.25) is 0 Å². The minimum absolute atomic E-state index is 0.275. The van der Waals surface area contributed by atoms with Crippen molar-refractivity contribution < 1.29 is 9.53 Å². The molecule has 0 saturated heterocycles. The average Bonchev–Trinajstić information content (AvgIpc) is 2.67. The van der Waals surface area contributed by atoms with Gasteiger partial charge >= 0.3 is 6.09 Å². The van der Waals surface area contributed by atoms with Crippen LogP contribution in [0, 0.1) is 0 Å². The molecule has 3 aromatic rings. The minimum atomic E-state index is -0.402. The Balaban J connectivity index is 1.49. The zero-order valence-corrected chi connectivity index (χ0v) is 14.5. The summed E-state index contributed by atoms with van der Waals surface area (Å²) in [6, 6.07) is 25.7. The summed E-state index contributed by atoms with van der Waals surface area (Å²) in [7, 11) is 0. The monoisotopic (exact) mass is 346 g/mol. The number of amides is 1. The van der Waals surface area contributed by atoms with Gasteiger partial charge < -0.3 is 15.8 Å². The fraction of sp³-hybridized carbons (Fsp3) is 0.136. The molecule has 0 spiro atoms. The fourth-order valence-electron chi connectivity index (χ4n) is 2.71. The molecule has 0 unspecified atom stereocenters. The van der Waals surface area contributed by atoms with Gasteiger partial charge in [-0.3, -0.25) is 0 Å². The highest BCUT2D eigenvalue weighted by atomic mass is 16.5. The Hall–Kier alpha value is -3.27. The fourth-order valence-corrected chi connectivity index (χ4v) is 2.71. The van der Waals surface area contributed by atoms with E-state index in [2.05, 4.69) is 17.4 Å². The standard InChI is InChI=1S/C22H22N2O2/c23-21-11-5-10-20(15-21)19-9-4-8-17(14-19)12-13-24-22(25)26-16-18-6-2-1-3-7-18/h1-11,14-15H,12-13,16,23H2,(H,24,25). The van der Waals surface area contributed by atoms with Crippen molar-refractivity contribution >= 4 is 11.8 Å². The zero-order chi connectivity index (χ0) is 18.2. The number of carbonyl (C=O) groups excluding carboxylic acids is 1. The van der Waals surface area contributed by atoms with Gasteiger partial charge in [0.2, 0.25) is 0 Å². The molecule has 0 atom stereocenters. The molecule has 4 heteroatoms. The maximum atomic E-state index is 11.8. The molecule has 0 radical (unpaired) electrons. The van der Waals surface area contributed by atoms with Crippen molar-refractivity contribution in [1.29, 1.82) is 0 Å². The van der Waals surface area contributed by atoms with Crippen LogP contribution in [0.15, 0.2) is 78.9 Å². The molecule has 26 heavy (non-hydrogen) atoms. The van der Waals surface area contributed by atoms with E-state index in [4.69, 9.17) is 10.5 Å². The maximum Gasteiger partial charge on any atom is 0.407 e. The number of benzene rings is 3. The SMILES string of the molecule is Nc1cccc(-c2cccc(CCNC(=O)OCc3ccccc3)c2)c1. The number of rotatable bonds is 6. The number of nitrogens with two attached hydrogens (primary N) is 1. The van der Waals surface area contributed by atoms with E-state index in [0.717, 1.165) is 34.4 Å². The summed E-state index contributed by atoms with van der Waals surface area (Å²) in [6.45, 7) is 0.797. The second kappa shape index (κ2) is 8.72. The number of hydrogen-bond donors (Lipinski definition) is 2. The molecule has 3 aromatic carbocycles. The number of alkyl carbamates (subject to hydrolysis) is 1. The number of hydrogen-bond acceptors (Lipinski definition) is 3. The third-order valence-electron chi connectivity index (χ3n) is 4.04.